The third-order valence-corrected chi connectivity index (χ3v) is 6.02. The number of urea groups is 1. The van der Waals surface area contributed by atoms with Gasteiger partial charge in [-0.25, -0.2) is 9.78 Å². The fourth-order valence-corrected chi connectivity index (χ4v) is 4.36. The lowest BCUT2D eigenvalue weighted by Gasteiger charge is -2.14. The van der Waals surface area contributed by atoms with Gasteiger partial charge < -0.3 is 10.1 Å². The predicted molar refractivity (Wildman–Crippen MR) is 117 cm³/mol. The summed E-state index contributed by atoms with van der Waals surface area (Å²) in [6, 6.07) is 4.97. The first kappa shape index (κ1) is 22.0. The van der Waals surface area contributed by atoms with Crippen LogP contribution in [0.2, 0.25) is 0 Å². The lowest BCUT2D eigenvalue weighted by molar-refractivity contribution is -0.144. The van der Waals surface area contributed by atoms with Crippen molar-refractivity contribution >= 4 is 39.9 Å². The number of rotatable bonds is 7. The first-order valence-electron chi connectivity index (χ1n) is 10.2. The molecule has 0 bridgehead atoms. The molecule has 1 fully saturated rings. The van der Waals surface area contributed by atoms with Gasteiger partial charge in [-0.2, -0.15) is 0 Å². The van der Waals surface area contributed by atoms with E-state index in [4.69, 9.17) is 4.74 Å². The molecule has 2 aromatic rings. The standard InChI is InChI=1S/C22H27N3O4S/c1-4-29-20(27)14(3)18-12-30-22(24-18)25-21(28)23-17-10-9-13(2)11-16(17)19(26)15-7-5-6-8-15/h9-12,14-15H,4-8H2,1-3H3,(H2,23,24,25,28). The van der Waals surface area contributed by atoms with Crippen LogP contribution in [0.15, 0.2) is 23.6 Å². The molecule has 1 unspecified atom stereocenters. The second kappa shape index (κ2) is 9.84. The molecule has 1 saturated carbocycles. The highest BCUT2D eigenvalue weighted by Crippen LogP contribution is 2.31. The van der Waals surface area contributed by atoms with Crippen molar-refractivity contribution in [1.82, 2.24) is 4.98 Å². The Morgan fingerprint density at radius 3 is 2.67 bits per heavy atom. The van der Waals surface area contributed by atoms with Crippen molar-refractivity contribution in [3.63, 3.8) is 0 Å². The van der Waals surface area contributed by atoms with Crippen LogP contribution in [0.5, 0.6) is 0 Å². The third kappa shape index (κ3) is 5.24. The molecule has 0 spiro atoms. The number of hydrogen-bond donors (Lipinski definition) is 2. The lowest BCUT2D eigenvalue weighted by atomic mass is 9.94. The summed E-state index contributed by atoms with van der Waals surface area (Å²) in [5, 5.41) is 7.55. The number of thiazole rings is 1. The molecule has 1 heterocycles. The molecule has 0 aliphatic heterocycles. The fraction of sp³-hybridized carbons (Fsp3) is 0.455. The molecule has 0 radical (unpaired) electrons. The largest absolute Gasteiger partial charge is 0.465 e. The van der Waals surface area contributed by atoms with E-state index in [1.807, 2.05) is 19.1 Å². The first-order chi connectivity index (χ1) is 14.4. The molecule has 0 saturated heterocycles. The number of ether oxygens (including phenoxy) is 1. The monoisotopic (exact) mass is 429 g/mol. The highest BCUT2D eigenvalue weighted by atomic mass is 32.1. The van der Waals surface area contributed by atoms with E-state index in [0.717, 1.165) is 31.2 Å². The van der Waals surface area contributed by atoms with Crippen LogP contribution in [0.4, 0.5) is 15.6 Å². The Hall–Kier alpha value is -2.74. The van der Waals surface area contributed by atoms with Gasteiger partial charge in [0.25, 0.3) is 0 Å². The van der Waals surface area contributed by atoms with Crippen LogP contribution in [0.3, 0.4) is 0 Å². The van der Waals surface area contributed by atoms with Gasteiger partial charge in [0.1, 0.15) is 0 Å². The van der Waals surface area contributed by atoms with E-state index in [9.17, 15) is 14.4 Å². The van der Waals surface area contributed by atoms with Crippen LogP contribution in [0.25, 0.3) is 0 Å². The van der Waals surface area contributed by atoms with Crippen molar-refractivity contribution in [2.24, 2.45) is 5.92 Å². The Bertz CT molecular complexity index is 934. The van der Waals surface area contributed by atoms with Gasteiger partial charge in [0, 0.05) is 16.9 Å². The molecule has 1 aromatic heterocycles. The van der Waals surface area contributed by atoms with E-state index in [0.29, 0.717) is 28.7 Å². The predicted octanol–water partition coefficient (Wildman–Crippen LogP) is 5.14. The maximum absolute atomic E-state index is 12.9. The number of aryl methyl sites for hydroxylation is 1. The minimum absolute atomic E-state index is 0.0290. The van der Waals surface area contributed by atoms with Gasteiger partial charge in [-0.15, -0.1) is 11.3 Å². The van der Waals surface area contributed by atoms with Crippen molar-refractivity contribution in [2.45, 2.75) is 52.4 Å². The van der Waals surface area contributed by atoms with Crippen LogP contribution in [0.1, 0.15) is 67.1 Å². The van der Waals surface area contributed by atoms with Gasteiger partial charge >= 0.3 is 12.0 Å². The Morgan fingerprint density at radius 2 is 1.97 bits per heavy atom. The molecule has 3 rings (SSSR count). The number of amides is 2. The number of carbonyl (C=O) groups is 3. The van der Waals surface area contributed by atoms with Crippen LogP contribution in [0, 0.1) is 12.8 Å². The number of benzene rings is 1. The van der Waals surface area contributed by atoms with Gasteiger partial charge in [-0.1, -0.05) is 24.5 Å². The van der Waals surface area contributed by atoms with E-state index in [-0.39, 0.29) is 17.7 Å². The normalized spacial score (nSPS) is 14.9. The smallest absolute Gasteiger partial charge is 0.325 e. The minimum Gasteiger partial charge on any atom is -0.465 e. The van der Waals surface area contributed by atoms with Crippen LogP contribution in [-0.2, 0) is 9.53 Å². The molecule has 160 valence electrons. The number of ketones is 1. The van der Waals surface area contributed by atoms with Crippen LogP contribution < -0.4 is 10.6 Å². The number of aromatic nitrogens is 1. The molecule has 1 aliphatic carbocycles. The number of carbonyl (C=O) groups excluding carboxylic acids is 3. The zero-order valence-electron chi connectivity index (χ0n) is 17.5. The number of anilines is 2. The molecule has 7 nitrogen and oxygen atoms in total. The summed E-state index contributed by atoms with van der Waals surface area (Å²) >= 11 is 1.23. The summed E-state index contributed by atoms with van der Waals surface area (Å²) in [6.07, 6.45) is 3.95. The molecular formula is C22H27N3O4S. The van der Waals surface area contributed by atoms with Crippen molar-refractivity contribution < 1.29 is 19.1 Å². The highest BCUT2D eigenvalue weighted by molar-refractivity contribution is 7.14. The second-order valence-electron chi connectivity index (χ2n) is 7.53. The summed E-state index contributed by atoms with van der Waals surface area (Å²) in [5.41, 5.74) is 2.56. The van der Waals surface area contributed by atoms with Crippen LogP contribution in [-0.4, -0.2) is 29.4 Å². The number of nitrogens with zero attached hydrogens (tertiary/aromatic N) is 1. The summed E-state index contributed by atoms with van der Waals surface area (Å²) in [7, 11) is 0. The lowest BCUT2D eigenvalue weighted by Crippen LogP contribution is -2.22. The molecular weight excluding hydrogens is 402 g/mol. The average molecular weight is 430 g/mol. The Morgan fingerprint density at radius 1 is 1.23 bits per heavy atom. The van der Waals surface area contributed by atoms with Gasteiger partial charge in [0.15, 0.2) is 10.9 Å². The molecule has 2 amide bonds. The number of hydrogen-bond acceptors (Lipinski definition) is 6. The molecule has 8 heteroatoms. The molecule has 1 atom stereocenters. The fourth-order valence-electron chi connectivity index (χ4n) is 3.56. The highest BCUT2D eigenvalue weighted by Gasteiger charge is 2.26. The van der Waals surface area contributed by atoms with Gasteiger partial charge in [0.05, 0.1) is 23.9 Å². The topological polar surface area (TPSA) is 97.4 Å². The number of nitrogens with one attached hydrogen (secondary N) is 2. The van der Waals surface area contributed by atoms with E-state index < -0.39 is 11.9 Å². The quantitative estimate of drug-likeness (QED) is 0.469. The van der Waals surface area contributed by atoms with Crippen molar-refractivity contribution in [1.29, 1.82) is 0 Å². The van der Waals surface area contributed by atoms with E-state index in [1.54, 1.807) is 25.3 Å². The van der Waals surface area contributed by atoms with Gasteiger partial charge in [-0.05, 0) is 45.7 Å². The Labute approximate surface area is 180 Å². The second-order valence-corrected chi connectivity index (χ2v) is 8.38. The molecule has 30 heavy (non-hydrogen) atoms. The van der Waals surface area contributed by atoms with Gasteiger partial charge in [-0.3, -0.25) is 14.9 Å². The number of Topliss-reactive ketones (excluding diaryl/α,β-unsaturated/α-hetero) is 1. The van der Waals surface area contributed by atoms with E-state index in [2.05, 4.69) is 15.6 Å². The summed E-state index contributed by atoms with van der Waals surface area (Å²) in [6.45, 7) is 5.69. The Balaban J connectivity index is 1.68. The van der Waals surface area contributed by atoms with Crippen molar-refractivity contribution in [3.8, 4) is 0 Å². The summed E-state index contributed by atoms with van der Waals surface area (Å²) in [4.78, 5) is 41.6. The maximum atomic E-state index is 12.9. The van der Waals surface area contributed by atoms with E-state index in [1.165, 1.54) is 11.3 Å². The number of esters is 1. The van der Waals surface area contributed by atoms with Crippen LogP contribution >= 0.6 is 11.3 Å². The molecule has 1 aromatic carbocycles. The third-order valence-electron chi connectivity index (χ3n) is 5.24. The maximum Gasteiger partial charge on any atom is 0.325 e. The SMILES string of the molecule is CCOC(=O)C(C)c1csc(NC(=O)Nc2ccc(C)cc2C(=O)C2CCCC2)n1. The molecule has 1 aliphatic rings. The summed E-state index contributed by atoms with van der Waals surface area (Å²) in [5.74, 6) is -0.742. The van der Waals surface area contributed by atoms with Gasteiger partial charge in [0.2, 0.25) is 0 Å². The van der Waals surface area contributed by atoms with Crippen molar-refractivity contribution in [2.75, 3.05) is 17.2 Å². The van der Waals surface area contributed by atoms with Crippen molar-refractivity contribution in [3.05, 3.63) is 40.4 Å². The average Bonchev–Trinajstić information content (AvgIpc) is 3.40. The zero-order chi connectivity index (χ0) is 21.7. The molecule has 2 N–H and O–H groups in total. The zero-order valence-corrected chi connectivity index (χ0v) is 18.3. The minimum atomic E-state index is -0.507. The van der Waals surface area contributed by atoms with E-state index >= 15 is 0 Å². The first-order valence-corrected chi connectivity index (χ1v) is 11.1. The Kier molecular flexibility index (Phi) is 7.20. The summed E-state index contributed by atoms with van der Waals surface area (Å²) < 4.78 is 5.01.